The summed E-state index contributed by atoms with van der Waals surface area (Å²) < 4.78 is 0.744. The van der Waals surface area contributed by atoms with Crippen LogP contribution in [0.3, 0.4) is 0 Å². The number of carboxylic acids is 1. The molecular weight excluding hydrogens is 276 g/mol. The number of carboxylic acid groups (broad SMARTS) is 1. The fourth-order valence-electron chi connectivity index (χ4n) is 1.68. The Morgan fingerprint density at radius 2 is 2.31 bits per heavy atom. The predicted octanol–water partition coefficient (Wildman–Crippen LogP) is 1.27. The van der Waals surface area contributed by atoms with E-state index in [1.165, 1.54) is 11.8 Å². The lowest BCUT2D eigenvalue weighted by Gasteiger charge is -2.40. The highest BCUT2D eigenvalue weighted by atomic mass is 79.9. The van der Waals surface area contributed by atoms with E-state index in [0.717, 1.165) is 4.48 Å². The number of hydrogen-bond acceptors (Lipinski definition) is 3. The van der Waals surface area contributed by atoms with Crippen molar-refractivity contribution in [3.8, 4) is 0 Å². The Morgan fingerprint density at radius 3 is 2.94 bits per heavy atom. The van der Waals surface area contributed by atoms with E-state index in [1.807, 2.05) is 0 Å². The van der Waals surface area contributed by atoms with E-state index in [4.69, 9.17) is 0 Å². The molecule has 0 radical (unpaired) electrons. The van der Waals surface area contributed by atoms with E-state index in [2.05, 4.69) is 20.9 Å². The first-order valence-corrected chi connectivity index (χ1v) is 5.42. The van der Waals surface area contributed by atoms with Crippen molar-refractivity contribution in [3.05, 3.63) is 22.8 Å². The Hall–Kier alpha value is -1.43. The topological polar surface area (TPSA) is 70.0 Å². The highest BCUT2D eigenvalue weighted by Gasteiger charge is 2.45. The van der Waals surface area contributed by atoms with Crippen molar-refractivity contribution in [2.24, 2.45) is 4.99 Å². The molecule has 0 aromatic heterocycles. The second kappa shape index (κ2) is 3.55. The van der Waals surface area contributed by atoms with Crippen molar-refractivity contribution in [2.75, 3.05) is 0 Å². The number of hydrogen-bond donors (Lipinski definition) is 1. The molecular formula is C10H9BrN2O3. The Bertz CT molecular complexity index is 467. The Balaban J connectivity index is 2.52. The molecule has 0 aromatic carbocycles. The normalized spacial score (nSPS) is 28.4. The van der Waals surface area contributed by atoms with Crippen LogP contribution in [0.1, 0.15) is 13.3 Å². The van der Waals surface area contributed by atoms with Gasteiger partial charge in [0.05, 0.1) is 6.42 Å². The van der Waals surface area contributed by atoms with Crippen molar-refractivity contribution in [3.63, 3.8) is 0 Å². The Kier molecular flexibility index (Phi) is 2.46. The van der Waals surface area contributed by atoms with Crippen LogP contribution in [0.5, 0.6) is 0 Å². The molecule has 2 aliphatic rings. The van der Waals surface area contributed by atoms with Crippen molar-refractivity contribution < 1.29 is 14.7 Å². The second-order valence-electron chi connectivity index (χ2n) is 3.84. The zero-order valence-corrected chi connectivity index (χ0v) is 10.1. The minimum Gasteiger partial charge on any atom is -0.479 e. The molecule has 5 nitrogen and oxygen atoms in total. The molecule has 0 saturated carbocycles. The number of amides is 1. The largest absolute Gasteiger partial charge is 0.479 e. The first-order valence-electron chi connectivity index (χ1n) is 4.63. The van der Waals surface area contributed by atoms with Gasteiger partial charge in [-0.25, -0.2) is 4.79 Å². The smallest absolute Gasteiger partial charge is 0.330 e. The highest BCUT2D eigenvalue weighted by molar-refractivity contribution is 9.11. The molecule has 84 valence electrons. The molecule has 0 aliphatic carbocycles. The van der Waals surface area contributed by atoms with Gasteiger partial charge in [0.2, 0.25) is 0 Å². The average Bonchev–Trinajstić information content (AvgIpc) is 2.19. The minimum absolute atomic E-state index is 0.129. The van der Waals surface area contributed by atoms with Crippen LogP contribution in [0.15, 0.2) is 27.8 Å². The van der Waals surface area contributed by atoms with E-state index in [-0.39, 0.29) is 6.42 Å². The van der Waals surface area contributed by atoms with Crippen LogP contribution in [-0.4, -0.2) is 33.3 Å². The number of amidine groups is 1. The van der Waals surface area contributed by atoms with Gasteiger partial charge in [-0.05, 0) is 35.0 Å². The Labute approximate surface area is 100 Å². The van der Waals surface area contributed by atoms with Crippen LogP contribution in [0, 0.1) is 0 Å². The standard InChI is InChI=1S/C10H9BrN2O3/c1-10(9(15)16)4-8(14)12-7-3-2-6(11)5-13(7)10/h2-3,5H,4H2,1H3,(H,15,16). The number of aliphatic carboxylic acids is 1. The van der Waals surface area contributed by atoms with Crippen LogP contribution in [0.25, 0.3) is 0 Å². The average molecular weight is 285 g/mol. The van der Waals surface area contributed by atoms with Gasteiger partial charge in [-0.3, -0.25) is 4.79 Å². The first-order chi connectivity index (χ1) is 7.43. The molecule has 2 aliphatic heterocycles. The third-order valence-electron chi connectivity index (χ3n) is 2.62. The van der Waals surface area contributed by atoms with E-state index < -0.39 is 17.4 Å². The predicted molar refractivity (Wildman–Crippen MR) is 61.1 cm³/mol. The molecule has 6 heteroatoms. The monoisotopic (exact) mass is 284 g/mol. The van der Waals surface area contributed by atoms with Gasteiger partial charge in [0, 0.05) is 10.7 Å². The molecule has 0 aromatic rings. The number of carbonyl (C=O) groups excluding carboxylic acids is 1. The first kappa shape index (κ1) is 11.1. The van der Waals surface area contributed by atoms with Crippen LogP contribution in [0.2, 0.25) is 0 Å². The van der Waals surface area contributed by atoms with E-state index >= 15 is 0 Å². The van der Waals surface area contributed by atoms with Gasteiger partial charge in [-0.15, -0.1) is 0 Å². The summed E-state index contributed by atoms with van der Waals surface area (Å²) in [6, 6.07) is 0. The maximum absolute atomic E-state index is 11.4. The molecule has 0 saturated heterocycles. The molecule has 0 spiro atoms. The van der Waals surface area contributed by atoms with Crippen molar-refractivity contribution >= 4 is 33.6 Å². The highest BCUT2D eigenvalue weighted by Crippen LogP contribution is 2.30. The fourth-order valence-corrected chi connectivity index (χ4v) is 2.02. The summed E-state index contributed by atoms with van der Waals surface area (Å²) in [4.78, 5) is 27.9. The van der Waals surface area contributed by atoms with Crippen LogP contribution < -0.4 is 0 Å². The summed E-state index contributed by atoms with van der Waals surface area (Å²) in [6.07, 6.45) is 4.83. The summed E-state index contributed by atoms with van der Waals surface area (Å²) >= 11 is 3.27. The van der Waals surface area contributed by atoms with Gasteiger partial charge in [0.1, 0.15) is 11.4 Å². The number of nitrogens with zero attached hydrogens (tertiary/aromatic N) is 2. The molecule has 0 bridgehead atoms. The van der Waals surface area contributed by atoms with Gasteiger partial charge in [-0.1, -0.05) is 0 Å². The lowest BCUT2D eigenvalue weighted by molar-refractivity contribution is -0.149. The Morgan fingerprint density at radius 1 is 1.62 bits per heavy atom. The minimum atomic E-state index is -1.27. The summed E-state index contributed by atoms with van der Waals surface area (Å²) in [5, 5.41) is 9.22. The molecule has 1 unspecified atom stereocenters. The fraction of sp³-hybridized carbons (Fsp3) is 0.300. The number of allylic oxidation sites excluding steroid dienone is 2. The summed E-state index contributed by atoms with van der Waals surface area (Å²) in [7, 11) is 0. The third-order valence-corrected chi connectivity index (χ3v) is 3.09. The summed E-state index contributed by atoms with van der Waals surface area (Å²) in [6.45, 7) is 1.51. The lowest BCUT2D eigenvalue weighted by atomic mass is 9.92. The van der Waals surface area contributed by atoms with Gasteiger partial charge < -0.3 is 10.0 Å². The van der Waals surface area contributed by atoms with Crippen LogP contribution in [-0.2, 0) is 9.59 Å². The maximum Gasteiger partial charge on any atom is 0.330 e. The van der Waals surface area contributed by atoms with Gasteiger partial charge in [-0.2, -0.15) is 4.99 Å². The molecule has 1 amide bonds. The molecule has 16 heavy (non-hydrogen) atoms. The summed E-state index contributed by atoms with van der Waals surface area (Å²) in [5.41, 5.74) is -1.27. The quantitative estimate of drug-likeness (QED) is 0.787. The molecule has 2 rings (SSSR count). The summed E-state index contributed by atoms with van der Waals surface area (Å²) in [5.74, 6) is -1.09. The number of fused-ring (bicyclic) bond motifs is 1. The van der Waals surface area contributed by atoms with E-state index in [9.17, 15) is 14.7 Å². The number of halogens is 1. The van der Waals surface area contributed by atoms with E-state index in [0.29, 0.717) is 5.84 Å². The third kappa shape index (κ3) is 1.59. The number of carbonyl (C=O) groups is 2. The van der Waals surface area contributed by atoms with Gasteiger partial charge in [0.15, 0.2) is 0 Å². The van der Waals surface area contributed by atoms with Crippen molar-refractivity contribution in [1.29, 1.82) is 0 Å². The van der Waals surface area contributed by atoms with Crippen LogP contribution >= 0.6 is 15.9 Å². The van der Waals surface area contributed by atoms with E-state index in [1.54, 1.807) is 18.4 Å². The molecule has 2 heterocycles. The van der Waals surface area contributed by atoms with Crippen molar-refractivity contribution in [2.45, 2.75) is 18.9 Å². The molecule has 1 N–H and O–H groups in total. The lowest BCUT2D eigenvalue weighted by Crippen LogP contribution is -2.56. The van der Waals surface area contributed by atoms with Crippen molar-refractivity contribution in [1.82, 2.24) is 4.90 Å². The number of rotatable bonds is 1. The second-order valence-corrected chi connectivity index (χ2v) is 4.75. The SMILES string of the molecule is CC1(C(=O)O)CC(=O)N=C2C=CC(Br)=CN21. The molecule has 0 fully saturated rings. The van der Waals surface area contributed by atoms with Gasteiger partial charge in [0.25, 0.3) is 5.91 Å². The van der Waals surface area contributed by atoms with Gasteiger partial charge >= 0.3 is 5.97 Å². The molecule has 1 atom stereocenters. The zero-order valence-electron chi connectivity index (χ0n) is 8.48. The zero-order chi connectivity index (χ0) is 11.9. The number of aliphatic imine (C=N–C) groups is 1. The maximum atomic E-state index is 11.4. The van der Waals surface area contributed by atoms with Crippen LogP contribution in [0.4, 0.5) is 0 Å².